The molecule has 6 heteroatoms. The van der Waals surface area contributed by atoms with Gasteiger partial charge in [-0.25, -0.2) is 9.69 Å². The van der Waals surface area contributed by atoms with Gasteiger partial charge in [0, 0.05) is 12.7 Å². The number of nitrogens with one attached hydrogen (secondary N) is 2. The number of urea groups is 1. The number of hydrogen-bond donors (Lipinski definition) is 2. The summed E-state index contributed by atoms with van der Waals surface area (Å²) in [5, 5.41) is 2.95. The van der Waals surface area contributed by atoms with E-state index in [1.54, 1.807) is 7.11 Å². The zero-order chi connectivity index (χ0) is 17.0. The largest absolute Gasteiger partial charge is 0.379 e. The molecule has 1 heterocycles. The molecule has 1 saturated heterocycles. The highest BCUT2D eigenvalue weighted by molar-refractivity contribution is 6.07. The van der Waals surface area contributed by atoms with Crippen LogP contribution < -0.4 is 10.2 Å². The Morgan fingerprint density at radius 1 is 1.21 bits per heavy atom. The summed E-state index contributed by atoms with van der Waals surface area (Å²) in [6.07, 6.45) is 3.54. The van der Waals surface area contributed by atoms with Crippen LogP contribution in [0.3, 0.4) is 0 Å². The topological polar surface area (TPSA) is 63.1 Å². The van der Waals surface area contributed by atoms with Gasteiger partial charge in [0.2, 0.25) is 0 Å². The molecule has 2 aliphatic rings. The molecule has 3 rings (SSSR count). The number of nitrogens with zero attached hydrogens (tertiary/aromatic N) is 1. The number of rotatable bonds is 7. The minimum absolute atomic E-state index is 0.0482. The van der Waals surface area contributed by atoms with E-state index in [0.717, 1.165) is 43.7 Å². The number of ether oxygens (including phenoxy) is 1. The molecule has 0 bridgehead atoms. The van der Waals surface area contributed by atoms with Crippen LogP contribution in [-0.2, 0) is 16.1 Å². The fraction of sp³-hybridized carbons (Fsp3) is 0.556. The summed E-state index contributed by atoms with van der Waals surface area (Å²) in [6.45, 7) is 2.48. The van der Waals surface area contributed by atoms with Crippen molar-refractivity contribution in [2.24, 2.45) is 0 Å². The second kappa shape index (κ2) is 7.32. The Kier molecular flexibility index (Phi) is 5.16. The smallest absolute Gasteiger partial charge is 0.329 e. The zero-order valence-corrected chi connectivity index (χ0v) is 14.2. The van der Waals surface area contributed by atoms with Gasteiger partial charge < -0.3 is 15.0 Å². The Balaban J connectivity index is 1.69. The average molecular weight is 332 g/mol. The molecule has 24 heavy (non-hydrogen) atoms. The van der Waals surface area contributed by atoms with Gasteiger partial charge in [0.05, 0.1) is 6.61 Å². The molecular formula is C18H26N3O3+. The quantitative estimate of drug-likeness (QED) is 0.717. The molecule has 0 radical (unpaired) electrons. The number of imide groups is 1. The molecule has 1 spiro atoms. The molecule has 1 atom stereocenters. The van der Waals surface area contributed by atoms with E-state index in [1.807, 2.05) is 18.2 Å². The van der Waals surface area contributed by atoms with Crippen molar-refractivity contribution < 1.29 is 19.2 Å². The van der Waals surface area contributed by atoms with Crippen molar-refractivity contribution in [3.63, 3.8) is 0 Å². The van der Waals surface area contributed by atoms with Gasteiger partial charge >= 0.3 is 6.03 Å². The van der Waals surface area contributed by atoms with Gasteiger partial charge in [0.1, 0.15) is 18.6 Å². The molecule has 0 aromatic heterocycles. The van der Waals surface area contributed by atoms with Crippen molar-refractivity contribution in [2.75, 3.05) is 26.9 Å². The molecule has 3 amide bonds. The minimum atomic E-state index is -0.629. The third-order valence-electron chi connectivity index (χ3n) is 5.04. The lowest BCUT2D eigenvalue weighted by Crippen LogP contribution is -3.13. The molecule has 1 aliphatic carbocycles. The monoisotopic (exact) mass is 332 g/mol. The third-order valence-corrected chi connectivity index (χ3v) is 5.04. The molecule has 130 valence electrons. The number of carbonyl (C=O) groups excluding carboxylic acids is 2. The Labute approximate surface area is 142 Å². The van der Waals surface area contributed by atoms with Gasteiger partial charge in [0.25, 0.3) is 5.91 Å². The standard InChI is InChI=1S/C18H25N3O3/c1-24-12-11-20(13-15-7-3-2-4-8-15)14-21-16(22)18(19-17(21)23)9-5-6-10-18/h2-4,7-8H,5-6,9-14H2,1H3,(H,19,23)/p+1. The number of quaternary nitrogens is 1. The highest BCUT2D eigenvalue weighted by Crippen LogP contribution is 2.34. The maximum Gasteiger partial charge on any atom is 0.329 e. The van der Waals surface area contributed by atoms with Gasteiger partial charge in [0.15, 0.2) is 6.67 Å². The molecule has 1 saturated carbocycles. The van der Waals surface area contributed by atoms with Crippen LogP contribution in [0, 0.1) is 0 Å². The van der Waals surface area contributed by atoms with Gasteiger partial charge in [-0.2, -0.15) is 0 Å². The molecule has 6 nitrogen and oxygen atoms in total. The van der Waals surface area contributed by atoms with Gasteiger partial charge in [-0.15, -0.1) is 0 Å². The molecule has 1 aromatic carbocycles. The predicted molar refractivity (Wildman–Crippen MR) is 89.3 cm³/mol. The normalized spacial score (nSPS) is 20.6. The second-order valence-electron chi connectivity index (χ2n) is 6.77. The molecular weight excluding hydrogens is 306 g/mol. The van der Waals surface area contributed by atoms with Gasteiger partial charge in [-0.3, -0.25) is 4.79 Å². The average Bonchev–Trinajstić information content (AvgIpc) is 3.14. The van der Waals surface area contributed by atoms with Crippen LogP contribution in [0.5, 0.6) is 0 Å². The van der Waals surface area contributed by atoms with Gasteiger partial charge in [-0.05, 0) is 12.8 Å². The van der Waals surface area contributed by atoms with Crippen LogP contribution in [0.15, 0.2) is 30.3 Å². The Morgan fingerprint density at radius 2 is 1.92 bits per heavy atom. The Hall–Kier alpha value is -1.92. The minimum Gasteiger partial charge on any atom is -0.379 e. The van der Waals surface area contributed by atoms with Crippen molar-refractivity contribution in [3.05, 3.63) is 35.9 Å². The van der Waals surface area contributed by atoms with Crippen LogP contribution in [0.1, 0.15) is 31.2 Å². The van der Waals surface area contributed by atoms with E-state index < -0.39 is 5.54 Å². The summed E-state index contributed by atoms with van der Waals surface area (Å²) >= 11 is 0. The van der Waals surface area contributed by atoms with Crippen molar-refractivity contribution in [1.29, 1.82) is 0 Å². The van der Waals surface area contributed by atoms with Crippen LogP contribution >= 0.6 is 0 Å². The van der Waals surface area contributed by atoms with Crippen LogP contribution in [0.2, 0.25) is 0 Å². The van der Waals surface area contributed by atoms with E-state index >= 15 is 0 Å². The number of hydrogen-bond acceptors (Lipinski definition) is 3. The van der Waals surface area contributed by atoms with Crippen molar-refractivity contribution in [3.8, 4) is 0 Å². The van der Waals surface area contributed by atoms with Crippen LogP contribution in [0.25, 0.3) is 0 Å². The Morgan fingerprint density at radius 3 is 2.58 bits per heavy atom. The molecule has 1 aromatic rings. The van der Waals surface area contributed by atoms with E-state index in [9.17, 15) is 9.59 Å². The fourth-order valence-corrected chi connectivity index (χ4v) is 3.72. The maximum absolute atomic E-state index is 12.8. The van der Waals surface area contributed by atoms with E-state index in [2.05, 4.69) is 17.4 Å². The summed E-state index contributed by atoms with van der Waals surface area (Å²) in [6, 6.07) is 9.88. The first-order valence-corrected chi connectivity index (χ1v) is 8.65. The number of benzene rings is 1. The third kappa shape index (κ3) is 3.44. The first-order valence-electron chi connectivity index (χ1n) is 8.65. The summed E-state index contributed by atoms with van der Waals surface area (Å²) in [5.41, 5.74) is 0.558. The Bertz CT molecular complexity index is 584. The van der Waals surface area contributed by atoms with Gasteiger partial charge in [-0.1, -0.05) is 43.2 Å². The number of methoxy groups -OCH3 is 1. The number of amides is 3. The summed E-state index contributed by atoms with van der Waals surface area (Å²) in [4.78, 5) is 27.7. The lowest BCUT2D eigenvalue weighted by atomic mass is 9.98. The highest BCUT2D eigenvalue weighted by atomic mass is 16.5. The van der Waals surface area contributed by atoms with Crippen LogP contribution in [-0.4, -0.2) is 49.3 Å². The van der Waals surface area contributed by atoms with E-state index in [1.165, 1.54) is 10.5 Å². The first kappa shape index (κ1) is 16.9. The maximum atomic E-state index is 12.8. The highest BCUT2D eigenvalue weighted by Gasteiger charge is 2.53. The zero-order valence-electron chi connectivity index (χ0n) is 14.2. The SMILES string of the molecule is COCC[NH+](Cc1ccccc1)CN1C(=O)NC2(CCCC2)C1=O. The van der Waals surface area contributed by atoms with Crippen molar-refractivity contribution in [1.82, 2.24) is 10.2 Å². The van der Waals surface area contributed by atoms with Crippen molar-refractivity contribution in [2.45, 2.75) is 37.8 Å². The predicted octanol–water partition coefficient (Wildman–Crippen LogP) is 0.540. The molecule has 1 unspecified atom stereocenters. The first-order chi connectivity index (χ1) is 11.6. The molecule has 2 fully saturated rings. The van der Waals surface area contributed by atoms with Crippen molar-refractivity contribution >= 4 is 11.9 Å². The number of carbonyl (C=O) groups is 2. The second-order valence-corrected chi connectivity index (χ2v) is 6.77. The van der Waals surface area contributed by atoms with E-state index in [4.69, 9.17) is 4.74 Å². The molecule has 1 aliphatic heterocycles. The van der Waals surface area contributed by atoms with Crippen LogP contribution in [0.4, 0.5) is 4.79 Å². The lowest BCUT2D eigenvalue weighted by molar-refractivity contribution is -0.921. The van der Waals surface area contributed by atoms with E-state index in [0.29, 0.717) is 13.3 Å². The fourth-order valence-electron chi connectivity index (χ4n) is 3.72. The summed E-state index contributed by atoms with van der Waals surface area (Å²) in [7, 11) is 1.67. The molecule has 2 N–H and O–H groups in total. The summed E-state index contributed by atoms with van der Waals surface area (Å²) in [5.74, 6) is -0.0482. The lowest BCUT2D eigenvalue weighted by Gasteiger charge is -2.24. The van der Waals surface area contributed by atoms with E-state index in [-0.39, 0.29) is 11.9 Å². The summed E-state index contributed by atoms with van der Waals surface area (Å²) < 4.78 is 5.20.